The maximum absolute atomic E-state index is 10.9. The molecule has 0 saturated heterocycles. The summed E-state index contributed by atoms with van der Waals surface area (Å²) in [5.74, 6) is 1.96. The maximum Gasteiger partial charge on any atom is 0.269 e. The predicted molar refractivity (Wildman–Crippen MR) is 120 cm³/mol. The third kappa shape index (κ3) is 6.87. The summed E-state index contributed by atoms with van der Waals surface area (Å²) in [5, 5.41) is 17.3. The van der Waals surface area contributed by atoms with Crippen LogP contribution >= 0.6 is 24.0 Å². The number of methoxy groups -OCH3 is 2. The molecule has 0 amide bonds. The van der Waals surface area contributed by atoms with Crippen LogP contribution in [-0.4, -0.2) is 31.6 Å². The lowest BCUT2D eigenvalue weighted by Crippen LogP contribution is -2.36. The van der Waals surface area contributed by atoms with Crippen molar-refractivity contribution in [1.29, 1.82) is 0 Å². The van der Waals surface area contributed by atoms with Gasteiger partial charge < -0.3 is 20.1 Å². The highest BCUT2D eigenvalue weighted by atomic mass is 127. The van der Waals surface area contributed by atoms with Gasteiger partial charge in [-0.1, -0.05) is 18.2 Å². The van der Waals surface area contributed by atoms with Crippen LogP contribution in [-0.2, 0) is 13.1 Å². The van der Waals surface area contributed by atoms with Crippen molar-refractivity contribution in [2.24, 2.45) is 4.99 Å². The SMILES string of the molecule is CCNC(=NCc1cccc([N+](=O)[O-])c1)NCc1ccc(OC)c(OC)c1.I. The van der Waals surface area contributed by atoms with E-state index in [1.165, 1.54) is 12.1 Å². The normalized spacial score (nSPS) is 10.6. The molecule has 0 fully saturated rings. The predicted octanol–water partition coefficient (Wildman–Crippen LogP) is 3.49. The molecule has 2 aromatic rings. The summed E-state index contributed by atoms with van der Waals surface area (Å²) in [6, 6.07) is 12.2. The molecule has 0 saturated carbocycles. The van der Waals surface area contributed by atoms with Gasteiger partial charge in [-0.05, 0) is 30.2 Å². The first-order valence-corrected chi connectivity index (χ1v) is 8.53. The summed E-state index contributed by atoms with van der Waals surface area (Å²) >= 11 is 0. The Kier molecular flexibility index (Phi) is 10.1. The fourth-order valence-corrected chi connectivity index (χ4v) is 2.46. The van der Waals surface area contributed by atoms with E-state index < -0.39 is 4.92 Å². The van der Waals surface area contributed by atoms with Gasteiger partial charge in [-0.25, -0.2) is 4.99 Å². The van der Waals surface area contributed by atoms with Crippen molar-refractivity contribution in [1.82, 2.24) is 10.6 Å². The van der Waals surface area contributed by atoms with Crippen molar-refractivity contribution in [2.45, 2.75) is 20.0 Å². The van der Waals surface area contributed by atoms with E-state index >= 15 is 0 Å². The lowest BCUT2D eigenvalue weighted by atomic mass is 10.2. The van der Waals surface area contributed by atoms with Crippen LogP contribution in [0.2, 0.25) is 0 Å². The number of nitrogens with one attached hydrogen (secondary N) is 2. The minimum absolute atomic E-state index is 0. The Labute approximate surface area is 181 Å². The zero-order valence-corrected chi connectivity index (χ0v) is 18.4. The number of rotatable bonds is 8. The Balaban J connectivity index is 0.00000392. The number of hydrogen-bond donors (Lipinski definition) is 2. The van der Waals surface area contributed by atoms with Gasteiger partial charge in [-0.2, -0.15) is 0 Å². The molecular weight excluding hydrogens is 475 g/mol. The van der Waals surface area contributed by atoms with Crippen LogP contribution in [0.4, 0.5) is 5.69 Å². The van der Waals surface area contributed by atoms with Crippen LogP contribution in [0.5, 0.6) is 11.5 Å². The molecule has 0 unspecified atom stereocenters. The van der Waals surface area contributed by atoms with Crippen molar-refractivity contribution < 1.29 is 14.4 Å². The third-order valence-corrected chi connectivity index (χ3v) is 3.79. The number of halogens is 1. The second-order valence-electron chi connectivity index (χ2n) is 5.67. The average Bonchev–Trinajstić information content (AvgIpc) is 2.70. The smallest absolute Gasteiger partial charge is 0.269 e. The molecule has 0 bridgehead atoms. The third-order valence-electron chi connectivity index (χ3n) is 3.79. The first kappa shape index (κ1) is 23.5. The molecule has 0 aromatic heterocycles. The zero-order valence-electron chi connectivity index (χ0n) is 16.1. The number of aliphatic imine (C=N–C) groups is 1. The minimum Gasteiger partial charge on any atom is -0.493 e. The van der Waals surface area contributed by atoms with E-state index in [2.05, 4.69) is 15.6 Å². The van der Waals surface area contributed by atoms with Crippen molar-refractivity contribution in [3.05, 3.63) is 63.7 Å². The summed E-state index contributed by atoms with van der Waals surface area (Å²) in [6.45, 7) is 3.55. The van der Waals surface area contributed by atoms with Crippen molar-refractivity contribution >= 4 is 35.6 Å². The molecule has 2 N–H and O–H groups in total. The molecule has 0 radical (unpaired) electrons. The van der Waals surface area contributed by atoms with Gasteiger partial charge in [0.25, 0.3) is 5.69 Å². The molecule has 0 heterocycles. The average molecular weight is 500 g/mol. The monoisotopic (exact) mass is 500 g/mol. The zero-order chi connectivity index (χ0) is 19.6. The number of guanidine groups is 1. The van der Waals surface area contributed by atoms with Gasteiger partial charge in [0.2, 0.25) is 0 Å². The van der Waals surface area contributed by atoms with E-state index in [0.29, 0.717) is 37.1 Å². The van der Waals surface area contributed by atoms with Crippen LogP contribution < -0.4 is 20.1 Å². The van der Waals surface area contributed by atoms with Gasteiger partial charge in [0.05, 0.1) is 25.7 Å². The minimum atomic E-state index is -0.409. The molecule has 0 aliphatic carbocycles. The van der Waals surface area contributed by atoms with Gasteiger partial charge in [-0.15, -0.1) is 24.0 Å². The summed E-state index contributed by atoms with van der Waals surface area (Å²) in [6.07, 6.45) is 0. The topological polar surface area (TPSA) is 98.0 Å². The maximum atomic E-state index is 10.9. The van der Waals surface area contributed by atoms with Crippen LogP contribution in [0.25, 0.3) is 0 Å². The van der Waals surface area contributed by atoms with E-state index in [-0.39, 0.29) is 29.7 Å². The first-order valence-electron chi connectivity index (χ1n) is 8.53. The van der Waals surface area contributed by atoms with Gasteiger partial charge in [0.1, 0.15) is 0 Å². The first-order chi connectivity index (χ1) is 13.1. The molecule has 0 aliphatic heterocycles. The second kappa shape index (κ2) is 12.0. The lowest BCUT2D eigenvalue weighted by Gasteiger charge is -2.13. The number of nitrogens with zero attached hydrogens (tertiary/aromatic N) is 2. The molecule has 8 nitrogen and oxygen atoms in total. The highest BCUT2D eigenvalue weighted by Crippen LogP contribution is 2.27. The van der Waals surface area contributed by atoms with Crippen molar-refractivity contribution in [3.8, 4) is 11.5 Å². The summed E-state index contributed by atoms with van der Waals surface area (Å²) in [4.78, 5) is 15.0. The molecular formula is C19H25IN4O4. The lowest BCUT2D eigenvalue weighted by molar-refractivity contribution is -0.384. The van der Waals surface area contributed by atoms with Crippen LogP contribution in [0.1, 0.15) is 18.1 Å². The van der Waals surface area contributed by atoms with Gasteiger partial charge in [0, 0.05) is 25.2 Å². The second-order valence-corrected chi connectivity index (χ2v) is 5.67. The fourth-order valence-electron chi connectivity index (χ4n) is 2.46. The number of nitro groups is 1. The highest BCUT2D eigenvalue weighted by molar-refractivity contribution is 14.0. The quantitative estimate of drug-likeness (QED) is 0.189. The van der Waals surface area contributed by atoms with Crippen molar-refractivity contribution in [3.63, 3.8) is 0 Å². The number of non-ortho nitro benzene ring substituents is 1. The van der Waals surface area contributed by atoms with Gasteiger partial charge in [0.15, 0.2) is 17.5 Å². The van der Waals surface area contributed by atoms with E-state index in [0.717, 1.165) is 11.1 Å². The van der Waals surface area contributed by atoms with E-state index in [1.54, 1.807) is 20.3 Å². The largest absolute Gasteiger partial charge is 0.493 e. The summed E-state index contributed by atoms with van der Waals surface area (Å²) < 4.78 is 10.6. The van der Waals surface area contributed by atoms with Gasteiger partial charge in [-0.3, -0.25) is 10.1 Å². The summed E-state index contributed by atoms with van der Waals surface area (Å²) in [7, 11) is 3.19. The molecule has 0 atom stereocenters. The number of benzene rings is 2. The molecule has 2 aromatic carbocycles. The number of hydrogen-bond acceptors (Lipinski definition) is 5. The highest BCUT2D eigenvalue weighted by Gasteiger charge is 2.07. The van der Waals surface area contributed by atoms with Crippen LogP contribution in [0.3, 0.4) is 0 Å². The molecule has 2 rings (SSSR count). The number of nitro benzene ring substituents is 1. The summed E-state index contributed by atoms with van der Waals surface area (Å²) in [5.41, 5.74) is 1.84. The Morgan fingerprint density at radius 1 is 1.07 bits per heavy atom. The standard InChI is InChI=1S/C19H24N4O4.HI/c1-4-20-19(21-12-14-6-5-7-16(10-14)23(24)25)22-13-15-8-9-17(26-2)18(11-15)27-3;/h5-11H,4,12-13H2,1-3H3,(H2,20,21,22);1H. The Bertz CT molecular complexity index is 814. The molecule has 28 heavy (non-hydrogen) atoms. The fraction of sp³-hybridized carbons (Fsp3) is 0.316. The number of ether oxygens (including phenoxy) is 2. The van der Waals surface area contributed by atoms with E-state index in [9.17, 15) is 10.1 Å². The molecule has 0 aliphatic rings. The van der Waals surface area contributed by atoms with E-state index in [4.69, 9.17) is 9.47 Å². The van der Waals surface area contributed by atoms with Crippen LogP contribution in [0, 0.1) is 10.1 Å². The molecule has 152 valence electrons. The van der Waals surface area contributed by atoms with Gasteiger partial charge >= 0.3 is 0 Å². The van der Waals surface area contributed by atoms with E-state index in [1.807, 2.05) is 31.2 Å². The molecule has 9 heteroatoms. The Morgan fingerprint density at radius 3 is 2.46 bits per heavy atom. The Morgan fingerprint density at radius 2 is 1.82 bits per heavy atom. The Hall–Kier alpha value is -2.56. The molecule has 0 spiro atoms. The van der Waals surface area contributed by atoms with Crippen LogP contribution in [0.15, 0.2) is 47.5 Å². The van der Waals surface area contributed by atoms with Crippen molar-refractivity contribution in [2.75, 3.05) is 20.8 Å².